The van der Waals surface area contributed by atoms with Gasteiger partial charge in [-0.15, -0.1) is 0 Å². The van der Waals surface area contributed by atoms with Crippen LogP contribution in [0.1, 0.15) is 162 Å². The van der Waals surface area contributed by atoms with Crippen LogP contribution >= 0.6 is 7.82 Å². The number of phosphoric ester groups is 1. The maximum absolute atomic E-state index is 12.9. The van der Waals surface area contributed by atoms with E-state index in [2.05, 4.69) is 189 Å². The lowest BCUT2D eigenvalue weighted by atomic mass is 10.1. The molecule has 0 fully saturated rings. The van der Waals surface area contributed by atoms with Crippen LogP contribution < -0.4 is 5.32 Å². The van der Waals surface area contributed by atoms with Crippen LogP contribution in [-0.2, 0) is 18.4 Å². The van der Waals surface area contributed by atoms with Crippen molar-refractivity contribution in [2.24, 2.45) is 0 Å². The number of phosphoric acid groups is 1. The third-order valence-electron chi connectivity index (χ3n) is 10.8. The standard InChI is InChI=1S/C64H101N2O6P/c1-6-8-10-12-14-16-18-20-21-22-23-24-25-26-27-28-29-30-31-32-33-34-35-36-37-38-39-40-41-42-43-44-45-46-48-50-52-54-56-58-64(68)65-62(61-72-73(69,70)71-60-59-66(3,4)5)63(67)57-55-53-51-49-47-19-17-15-13-11-9-7-2/h8,10,13-16,20-21,23-24,26-27,29-30,32-33,35-36,38-39,41-42,44-45,47-50,55,57,62-63,67H,6-7,9,11-12,17-19,22,25,28,31,34,37,40,43,46,51-54,56,58-61H2,1-5H3,(H-,65,68,69,70)/p+1/b10-8-,15-13+,16-14-,21-20-,24-23-,27-26-,30-29-,33-32-,36-35-,39-38-,42-41-,45-44-,49-47+,50-48-,57-55+. The summed E-state index contributed by atoms with van der Waals surface area (Å²) in [5.74, 6) is -0.244. The van der Waals surface area contributed by atoms with E-state index in [9.17, 15) is 19.4 Å². The number of carbonyl (C=O) groups is 1. The molecule has 0 aromatic carbocycles. The second kappa shape index (κ2) is 52.5. The molecule has 0 aliphatic heterocycles. The molecule has 0 aliphatic carbocycles. The Bertz CT molecular complexity index is 1830. The lowest BCUT2D eigenvalue weighted by Gasteiger charge is -2.25. The number of nitrogens with zero attached hydrogens (tertiary/aromatic N) is 1. The van der Waals surface area contributed by atoms with Gasteiger partial charge in [-0.05, 0) is 128 Å². The monoisotopic (exact) mass is 1030 g/mol. The van der Waals surface area contributed by atoms with E-state index in [1.54, 1.807) is 6.08 Å². The summed E-state index contributed by atoms with van der Waals surface area (Å²) in [4.78, 5) is 23.2. The van der Waals surface area contributed by atoms with Gasteiger partial charge in [0.15, 0.2) is 0 Å². The Kier molecular flexibility index (Phi) is 49.3. The lowest BCUT2D eigenvalue weighted by Crippen LogP contribution is -2.45. The topological polar surface area (TPSA) is 105 Å². The maximum Gasteiger partial charge on any atom is 0.472 e. The van der Waals surface area contributed by atoms with Crippen molar-refractivity contribution in [3.05, 3.63) is 182 Å². The number of amides is 1. The highest BCUT2D eigenvalue weighted by atomic mass is 31.2. The second-order valence-electron chi connectivity index (χ2n) is 18.8. The van der Waals surface area contributed by atoms with Crippen LogP contribution in [-0.4, -0.2) is 73.4 Å². The summed E-state index contributed by atoms with van der Waals surface area (Å²) in [6, 6.07) is -0.906. The predicted octanol–water partition coefficient (Wildman–Crippen LogP) is 17.0. The number of hydrogen-bond donors (Lipinski definition) is 3. The van der Waals surface area contributed by atoms with Crippen LogP contribution in [0.15, 0.2) is 182 Å². The normalized spacial score (nSPS) is 15.3. The molecule has 3 atom stereocenters. The molecule has 1 amide bonds. The maximum atomic E-state index is 12.9. The fraction of sp³-hybridized carbons (Fsp3) is 0.516. The number of carbonyl (C=O) groups excluding carboxylic acids is 1. The molecule has 8 nitrogen and oxygen atoms in total. The molecule has 408 valence electrons. The summed E-state index contributed by atoms with van der Waals surface area (Å²) in [5.41, 5.74) is 0. The van der Waals surface area contributed by atoms with E-state index >= 15 is 0 Å². The van der Waals surface area contributed by atoms with E-state index in [4.69, 9.17) is 9.05 Å². The van der Waals surface area contributed by atoms with Gasteiger partial charge in [0.05, 0.1) is 39.9 Å². The number of nitrogens with one attached hydrogen (secondary N) is 1. The van der Waals surface area contributed by atoms with E-state index in [1.165, 1.54) is 12.8 Å². The average Bonchev–Trinajstić information content (AvgIpc) is 3.35. The summed E-state index contributed by atoms with van der Waals surface area (Å²) < 4.78 is 23.5. The first kappa shape index (κ1) is 68.6. The van der Waals surface area contributed by atoms with E-state index in [0.29, 0.717) is 17.4 Å². The van der Waals surface area contributed by atoms with E-state index in [0.717, 1.165) is 122 Å². The van der Waals surface area contributed by atoms with Gasteiger partial charge in [-0.1, -0.05) is 209 Å². The molecule has 9 heteroatoms. The van der Waals surface area contributed by atoms with E-state index in [-0.39, 0.29) is 25.5 Å². The molecule has 3 unspecified atom stereocenters. The number of allylic oxidation sites excluding steroid dienone is 29. The Hall–Kier alpha value is -4.40. The Balaban J connectivity index is 4.29. The number of unbranched alkanes of at least 4 members (excludes halogenated alkanes) is 6. The first-order valence-electron chi connectivity index (χ1n) is 27.7. The van der Waals surface area contributed by atoms with Crippen molar-refractivity contribution in [3.8, 4) is 0 Å². The van der Waals surface area contributed by atoms with Gasteiger partial charge in [0.25, 0.3) is 0 Å². The predicted molar refractivity (Wildman–Crippen MR) is 317 cm³/mol. The van der Waals surface area contributed by atoms with Crippen molar-refractivity contribution in [1.82, 2.24) is 5.32 Å². The molecule has 0 heterocycles. The van der Waals surface area contributed by atoms with Crippen molar-refractivity contribution >= 4 is 13.7 Å². The summed E-state index contributed by atoms with van der Waals surface area (Å²) in [5, 5.41) is 13.8. The number of likely N-dealkylation sites (N-methyl/N-ethyl adjacent to an activating group) is 1. The third kappa shape index (κ3) is 55.2. The molecule has 73 heavy (non-hydrogen) atoms. The summed E-state index contributed by atoms with van der Waals surface area (Å²) in [6.45, 7) is 4.54. The molecular formula is C64H102N2O6P+. The van der Waals surface area contributed by atoms with Crippen LogP contribution in [0.25, 0.3) is 0 Å². The van der Waals surface area contributed by atoms with Gasteiger partial charge in [-0.3, -0.25) is 13.8 Å². The zero-order chi connectivity index (χ0) is 53.5. The molecule has 0 radical (unpaired) electrons. The SMILES string of the molecule is CC/C=C\C/C=C\C/C=C\C/C=C\C/C=C\C/C=C\C/C=C\C/C=C\C/C=C\C/C=C\C/C=C\C/C=C\CCCCC(=O)NC(COP(=O)(O)OCC[N+](C)(C)C)C(O)/C=C/CC/C=C/CC/C=C/CCCC. The lowest BCUT2D eigenvalue weighted by molar-refractivity contribution is -0.870. The van der Waals surface area contributed by atoms with Gasteiger partial charge >= 0.3 is 7.82 Å². The molecule has 0 aromatic rings. The molecule has 0 bridgehead atoms. The number of quaternary nitrogens is 1. The van der Waals surface area contributed by atoms with E-state index in [1.807, 2.05) is 27.2 Å². The minimum atomic E-state index is -4.38. The summed E-state index contributed by atoms with van der Waals surface area (Å²) in [7, 11) is 1.48. The molecule has 0 rings (SSSR count). The van der Waals surface area contributed by atoms with Gasteiger partial charge < -0.3 is 19.8 Å². The van der Waals surface area contributed by atoms with E-state index < -0.39 is 20.0 Å². The van der Waals surface area contributed by atoms with Gasteiger partial charge in [0, 0.05) is 6.42 Å². The molecule has 0 saturated heterocycles. The quantitative estimate of drug-likeness (QED) is 0.0243. The summed E-state index contributed by atoms with van der Waals surface area (Å²) in [6.07, 6.45) is 85.8. The third-order valence-corrected chi connectivity index (χ3v) is 11.8. The largest absolute Gasteiger partial charge is 0.472 e. The fourth-order valence-electron chi connectivity index (χ4n) is 6.51. The number of rotatable bonds is 47. The van der Waals surface area contributed by atoms with Crippen LogP contribution in [0.2, 0.25) is 0 Å². The zero-order valence-electron chi connectivity index (χ0n) is 46.3. The number of aliphatic hydroxyl groups is 1. The van der Waals surface area contributed by atoms with Crippen molar-refractivity contribution in [2.75, 3.05) is 40.9 Å². The van der Waals surface area contributed by atoms with Crippen molar-refractivity contribution < 1.29 is 32.9 Å². The highest BCUT2D eigenvalue weighted by Gasteiger charge is 2.27. The molecule has 0 aromatic heterocycles. The minimum absolute atomic E-state index is 0.0340. The van der Waals surface area contributed by atoms with Crippen LogP contribution in [0, 0.1) is 0 Å². The number of aliphatic hydroxyl groups excluding tert-OH is 1. The Labute approximate surface area is 446 Å². The van der Waals surface area contributed by atoms with Crippen LogP contribution in [0.3, 0.4) is 0 Å². The molecular weight excluding hydrogens is 924 g/mol. The smallest absolute Gasteiger partial charge is 0.387 e. The first-order chi connectivity index (χ1) is 35.5. The molecule has 3 N–H and O–H groups in total. The number of hydrogen-bond acceptors (Lipinski definition) is 5. The Morgan fingerprint density at radius 1 is 0.479 bits per heavy atom. The van der Waals surface area contributed by atoms with Gasteiger partial charge in [-0.25, -0.2) is 4.57 Å². The first-order valence-corrected chi connectivity index (χ1v) is 29.2. The minimum Gasteiger partial charge on any atom is -0.387 e. The van der Waals surface area contributed by atoms with Gasteiger partial charge in [-0.2, -0.15) is 0 Å². The highest BCUT2D eigenvalue weighted by Crippen LogP contribution is 2.43. The van der Waals surface area contributed by atoms with Crippen molar-refractivity contribution in [1.29, 1.82) is 0 Å². The van der Waals surface area contributed by atoms with Gasteiger partial charge in [0.1, 0.15) is 13.2 Å². The second-order valence-corrected chi connectivity index (χ2v) is 20.3. The Morgan fingerprint density at radius 3 is 1.21 bits per heavy atom. The van der Waals surface area contributed by atoms with Crippen LogP contribution in [0.4, 0.5) is 0 Å². The average molecular weight is 1030 g/mol. The summed E-state index contributed by atoms with van der Waals surface area (Å²) >= 11 is 0. The Morgan fingerprint density at radius 2 is 0.822 bits per heavy atom. The highest BCUT2D eigenvalue weighted by molar-refractivity contribution is 7.47. The van der Waals surface area contributed by atoms with Crippen molar-refractivity contribution in [2.45, 2.75) is 174 Å². The molecule has 0 saturated carbocycles. The van der Waals surface area contributed by atoms with Gasteiger partial charge in [0.2, 0.25) is 5.91 Å². The van der Waals surface area contributed by atoms with Crippen molar-refractivity contribution in [3.63, 3.8) is 0 Å². The molecule has 0 aliphatic rings. The molecule has 0 spiro atoms. The van der Waals surface area contributed by atoms with Crippen LogP contribution in [0.5, 0.6) is 0 Å². The fourth-order valence-corrected chi connectivity index (χ4v) is 7.24. The zero-order valence-corrected chi connectivity index (χ0v) is 47.2.